The van der Waals surface area contributed by atoms with E-state index in [1.165, 1.54) is 6.20 Å². The molecule has 0 saturated carbocycles. The van der Waals surface area contributed by atoms with Gasteiger partial charge in [0.2, 0.25) is 0 Å². The van der Waals surface area contributed by atoms with E-state index in [4.69, 9.17) is 5.73 Å². The van der Waals surface area contributed by atoms with Crippen molar-refractivity contribution >= 4 is 0 Å². The number of pyridine rings is 1. The molecule has 100 valence electrons. The first-order valence-electron chi connectivity index (χ1n) is 5.79. The van der Waals surface area contributed by atoms with Gasteiger partial charge in [0.25, 0.3) is 0 Å². The Morgan fingerprint density at radius 2 is 1.79 bits per heavy atom. The fraction of sp³-hybridized carbons (Fsp3) is 0.214. The number of benzene rings is 1. The summed E-state index contributed by atoms with van der Waals surface area (Å²) in [5.41, 5.74) is 6.19. The molecule has 0 aliphatic rings. The molecule has 0 aliphatic heterocycles. The van der Waals surface area contributed by atoms with Gasteiger partial charge in [0, 0.05) is 18.4 Å². The van der Waals surface area contributed by atoms with E-state index in [0.717, 1.165) is 17.8 Å². The predicted molar refractivity (Wildman–Crippen MR) is 66.3 cm³/mol. The molecule has 5 heteroatoms. The quantitative estimate of drug-likeness (QED) is 0.925. The first-order valence-corrected chi connectivity index (χ1v) is 5.79. The van der Waals surface area contributed by atoms with Crippen molar-refractivity contribution in [3.8, 4) is 0 Å². The van der Waals surface area contributed by atoms with E-state index >= 15 is 0 Å². The van der Waals surface area contributed by atoms with Crippen LogP contribution < -0.4 is 5.73 Å². The number of aromatic nitrogens is 1. The van der Waals surface area contributed by atoms with Crippen LogP contribution >= 0.6 is 0 Å². The Hall–Kier alpha value is -1.88. The molecular formula is C14H13F3N2. The van der Waals surface area contributed by atoms with Crippen LogP contribution in [0.3, 0.4) is 0 Å². The summed E-state index contributed by atoms with van der Waals surface area (Å²) in [6, 6.07) is 9.55. The van der Waals surface area contributed by atoms with Crippen LogP contribution in [0.2, 0.25) is 0 Å². The normalized spacial score (nSPS) is 13.3. The fourth-order valence-electron chi connectivity index (χ4n) is 1.92. The molecule has 0 amide bonds. The SMILES string of the molecule is NC(Cc1cnccc1C(F)(F)F)c1ccccc1. The molecule has 2 N–H and O–H groups in total. The number of nitrogens with zero attached hydrogens (tertiary/aromatic N) is 1. The van der Waals surface area contributed by atoms with Crippen molar-refractivity contribution in [1.29, 1.82) is 0 Å². The van der Waals surface area contributed by atoms with Crippen LogP contribution in [0.4, 0.5) is 13.2 Å². The lowest BCUT2D eigenvalue weighted by molar-refractivity contribution is -0.138. The molecule has 2 rings (SSSR count). The minimum Gasteiger partial charge on any atom is -0.324 e. The summed E-state index contributed by atoms with van der Waals surface area (Å²) in [6.45, 7) is 0. The summed E-state index contributed by atoms with van der Waals surface area (Å²) in [6.07, 6.45) is -1.91. The number of halogens is 3. The third-order valence-corrected chi connectivity index (χ3v) is 2.88. The Balaban J connectivity index is 2.25. The monoisotopic (exact) mass is 266 g/mol. The van der Waals surface area contributed by atoms with Gasteiger partial charge < -0.3 is 5.73 Å². The smallest absolute Gasteiger partial charge is 0.324 e. The Morgan fingerprint density at radius 3 is 2.42 bits per heavy atom. The number of hydrogen-bond donors (Lipinski definition) is 1. The van der Waals surface area contributed by atoms with E-state index in [2.05, 4.69) is 4.98 Å². The number of rotatable bonds is 3. The highest BCUT2D eigenvalue weighted by molar-refractivity contribution is 5.29. The molecule has 1 unspecified atom stereocenters. The largest absolute Gasteiger partial charge is 0.416 e. The lowest BCUT2D eigenvalue weighted by atomic mass is 9.97. The Bertz CT molecular complexity index is 538. The molecule has 1 aromatic carbocycles. The molecule has 0 aliphatic carbocycles. The van der Waals surface area contributed by atoms with E-state index in [0.29, 0.717) is 0 Å². The molecule has 2 aromatic rings. The minimum atomic E-state index is -4.38. The van der Waals surface area contributed by atoms with Gasteiger partial charge in [-0.2, -0.15) is 13.2 Å². The second-order valence-corrected chi connectivity index (χ2v) is 4.25. The molecule has 0 spiro atoms. The summed E-state index contributed by atoms with van der Waals surface area (Å²) < 4.78 is 38.5. The second kappa shape index (κ2) is 5.40. The van der Waals surface area contributed by atoms with Crippen LogP contribution in [-0.4, -0.2) is 4.98 Å². The average Bonchev–Trinajstić information content (AvgIpc) is 2.39. The molecule has 1 atom stereocenters. The van der Waals surface area contributed by atoms with Gasteiger partial charge in [-0.1, -0.05) is 30.3 Å². The Labute approximate surface area is 109 Å². The Kier molecular flexibility index (Phi) is 3.85. The molecule has 0 saturated heterocycles. The minimum absolute atomic E-state index is 0.104. The molecule has 0 bridgehead atoms. The van der Waals surface area contributed by atoms with Gasteiger partial charge in [-0.3, -0.25) is 4.98 Å². The van der Waals surface area contributed by atoms with Crippen molar-refractivity contribution in [2.45, 2.75) is 18.6 Å². The van der Waals surface area contributed by atoms with Crippen LogP contribution in [0.5, 0.6) is 0 Å². The number of nitrogens with two attached hydrogens (primary N) is 1. The molecule has 0 radical (unpaired) electrons. The van der Waals surface area contributed by atoms with Crippen LogP contribution in [0.15, 0.2) is 48.8 Å². The van der Waals surface area contributed by atoms with Crippen LogP contribution in [0.25, 0.3) is 0 Å². The van der Waals surface area contributed by atoms with Crippen molar-refractivity contribution in [2.75, 3.05) is 0 Å². The number of alkyl halides is 3. The fourth-order valence-corrected chi connectivity index (χ4v) is 1.92. The van der Waals surface area contributed by atoms with Gasteiger partial charge in [-0.15, -0.1) is 0 Å². The van der Waals surface area contributed by atoms with E-state index < -0.39 is 17.8 Å². The molecular weight excluding hydrogens is 253 g/mol. The van der Waals surface area contributed by atoms with E-state index in [1.54, 1.807) is 12.1 Å². The molecule has 0 fully saturated rings. The van der Waals surface area contributed by atoms with Gasteiger partial charge >= 0.3 is 6.18 Å². The first-order chi connectivity index (χ1) is 8.98. The van der Waals surface area contributed by atoms with E-state index in [9.17, 15) is 13.2 Å². The van der Waals surface area contributed by atoms with Gasteiger partial charge in [-0.05, 0) is 23.6 Å². The zero-order chi connectivity index (χ0) is 13.9. The lowest BCUT2D eigenvalue weighted by Gasteiger charge is -2.16. The zero-order valence-corrected chi connectivity index (χ0v) is 10.1. The van der Waals surface area contributed by atoms with Gasteiger partial charge in [0.15, 0.2) is 0 Å². The Morgan fingerprint density at radius 1 is 1.11 bits per heavy atom. The van der Waals surface area contributed by atoms with Crippen LogP contribution in [-0.2, 0) is 12.6 Å². The predicted octanol–water partition coefficient (Wildman–Crippen LogP) is 3.34. The van der Waals surface area contributed by atoms with Gasteiger partial charge in [-0.25, -0.2) is 0 Å². The second-order valence-electron chi connectivity index (χ2n) is 4.25. The van der Waals surface area contributed by atoms with Crippen molar-refractivity contribution in [2.24, 2.45) is 5.73 Å². The topological polar surface area (TPSA) is 38.9 Å². The van der Waals surface area contributed by atoms with Crippen molar-refractivity contribution in [3.05, 3.63) is 65.5 Å². The summed E-state index contributed by atoms with van der Waals surface area (Å²) in [4.78, 5) is 3.75. The third kappa shape index (κ3) is 3.32. The molecule has 1 heterocycles. The van der Waals surface area contributed by atoms with Crippen molar-refractivity contribution < 1.29 is 13.2 Å². The lowest BCUT2D eigenvalue weighted by Crippen LogP contribution is -2.17. The van der Waals surface area contributed by atoms with Gasteiger partial charge in [0.05, 0.1) is 5.56 Å². The molecule has 1 aromatic heterocycles. The van der Waals surface area contributed by atoms with Crippen molar-refractivity contribution in [1.82, 2.24) is 4.98 Å². The first kappa shape index (κ1) is 13.5. The molecule has 2 nitrogen and oxygen atoms in total. The number of hydrogen-bond acceptors (Lipinski definition) is 2. The third-order valence-electron chi connectivity index (χ3n) is 2.88. The molecule has 19 heavy (non-hydrogen) atoms. The highest BCUT2D eigenvalue weighted by Crippen LogP contribution is 2.32. The van der Waals surface area contributed by atoms with E-state index in [-0.39, 0.29) is 12.0 Å². The van der Waals surface area contributed by atoms with Crippen LogP contribution in [0, 0.1) is 0 Å². The zero-order valence-electron chi connectivity index (χ0n) is 10.1. The van der Waals surface area contributed by atoms with E-state index in [1.807, 2.05) is 18.2 Å². The highest BCUT2D eigenvalue weighted by Gasteiger charge is 2.33. The summed E-state index contributed by atoms with van der Waals surface area (Å²) >= 11 is 0. The maximum absolute atomic E-state index is 12.8. The standard InChI is InChI=1S/C14H13F3N2/c15-14(16,17)12-6-7-19-9-11(12)8-13(18)10-4-2-1-3-5-10/h1-7,9,13H,8,18H2. The van der Waals surface area contributed by atoms with Crippen LogP contribution in [0.1, 0.15) is 22.7 Å². The maximum Gasteiger partial charge on any atom is 0.416 e. The summed E-state index contributed by atoms with van der Waals surface area (Å²) in [7, 11) is 0. The maximum atomic E-state index is 12.8. The summed E-state index contributed by atoms with van der Waals surface area (Å²) in [5, 5.41) is 0. The average molecular weight is 266 g/mol. The summed E-state index contributed by atoms with van der Waals surface area (Å²) in [5.74, 6) is 0. The highest BCUT2D eigenvalue weighted by atomic mass is 19.4. The van der Waals surface area contributed by atoms with Gasteiger partial charge in [0.1, 0.15) is 0 Å². The van der Waals surface area contributed by atoms with Crippen molar-refractivity contribution in [3.63, 3.8) is 0 Å².